The van der Waals surface area contributed by atoms with Crippen LogP contribution in [0.2, 0.25) is 0 Å². The van der Waals surface area contributed by atoms with Gasteiger partial charge in [0.15, 0.2) is 5.78 Å². The number of Topliss-reactive ketones (excluding diaryl/α,β-unsaturated/α-hetero) is 1. The van der Waals surface area contributed by atoms with Crippen molar-refractivity contribution < 1.29 is 9.18 Å². The van der Waals surface area contributed by atoms with E-state index in [4.69, 9.17) is 0 Å². The molecule has 4 nitrogen and oxygen atoms in total. The van der Waals surface area contributed by atoms with Gasteiger partial charge in [-0.2, -0.15) is 0 Å². The summed E-state index contributed by atoms with van der Waals surface area (Å²) in [4.78, 5) is 25.2. The third-order valence-electron chi connectivity index (χ3n) is 5.11. The maximum absolute atomic E-state index is 13.8. The van der Waals surface area contributed by atoms with Gasteiger partial charge in [-0.25, -0.2) is 4.39 Å². The van der Waals surface area contributed by atoms with Gasteiger partial charge in [0.25, 0.3) is 5.56 Å². The molecule has 2 aromatic carbocycles. The highest BCUT2D eigenvalue weighted by Crippen LogP contribution is 2.18. The van der Waals surface area contributed by atoms with E-state index in [1.165, 1.54) is 12.1 Å². The number of fused-ring (bicyclic) bond motifs is 3. The summed E-state index contributed by atoms with van der Waals surface area (Å²) in [5, 5.41) is 0. The standard InChI is InChI=1S/C23H21FN2O2/c1-16-7-9-17(10-8-16)22(27)6-2-3-13-26-21-15-18(24)11-12-19(21)25-14-4-5-20(25)23(26)28/h4-5,7-12,14-15H,2-3,6,13H2,1H3. The number of halogens is 1. The minimum Gasteiger partial charge on any atom is -0.310 e. The number of hydrogen-bond donors (Lipinski definition) is 0. The Labute approximate surface area is 161 Å². The SMILES string of the molecule is Cc1ccc(C(=O)CCCCn2c(=O)c3cccn3c3ccc(F)cc32)cc1. The van der Waals surface area contributed by atoms with Crippen molar-refractivity contribution in [1.29, 1.82) is 0 Å². The van der Waals surface area contributed by atoms with E-state index in [0.717, 1.165) is 11.1 Å². The first-order valence-corrected chi connectivity index (χ1v) is 9.43. The van der Waals surface area contributed by atoms with Crippen LogP contribution in [0.5, 0.6) is 0 Å². The summed E-state index contributed by atoms with van der Waals surface area (Å²) in [7, 11) is 0. The molecule has 4 rings (SSSR count). The molecule has 0 aliphatic rings. The molecule has 0 amide bonds. The fourth-order valence-corrected chi connectivity index (χ4v) is 3.59. The molecule has 0 saturated carbocycles. The first-order chi connectivity index (χ1) is 13.5. The highest BCUT2D eigenvalue weighted by atomic mass is 19.1. The van der Waals surface area contributed by atoms with Gasteiger partial charge in [0, 0.05) is 24.7 Å². The highest BCUT2D eigenvalue weighted by molar-refractivity contribution is 5.96. The number of carbonyl (C=O) groups is 1. The van der Waals surface area contributed by atoms with Crippen LogP contribution in [-0.2, 0) is 6.54 Å². The second-order valence-corrected chi connectivity index (χ2v) is 7.10. The van der Waals surface area contributed by atoms with E-state index in [-0.39, 0.29) is 17.2 Å². The van der Waals surface area contributed by atoms with Crippen molar-refractivity contribution in [3.8, 4) is 0 Å². The summed E-state index contributed by atoms with van der Waals surface area (Å²) < 4.78 is 17.2. The molecule has 0 saturated heterocycles. The van der Waals surface area contributed by atoms with Crippen LogP contribution in [0.4, 0.5) is 4.39 Å². The Hall–Kier alpha value is -3.21. The summed E-state index contributed by atoms with van der Waals surface area (Å²) in [5.41, 5.74) is 3.61. The minimum atomic E-state index is -0.373. The molecule has 28 heavy (non-hydrogen) atoms. The molecule has 4 aromatic rings. The number of ketones is 1. The van der Waals surface area contributed by atoms with Crippen molar-refractivity contribution in [2.24, 2.45) is 0 Å². The second kappa shape index (κ2) is 7.43. The average molecular weight is 376 g/mol. The number of benzene rings is 2. The van der Waals surface area contributed by atoms with Gasteiger partial charge >= 0.3 is 0 Å². The van der Waals surface area contributed by atoms with Crippen LogP contribution in [0.1, 0.15) is 35.2 Å². The maximum Gasteiger partial charge on any atom is 0.275 e. The molecule has 0 radical (unpaired) electrons. The smallest absolute Gasteiger partial charge is 0.275 e. The number of aromatic nitrogens is 2. The summed E-state index contributed by atoms with van der Waals surface area (Å²) in [6.07, 6.45) is 3.57. The third kappa shape index (κ3) is 3.36. The summed E-state index contributed by atoms with van der Waals surface area (Å²) >= 11 is 0. The van der Waals surface area contributed by atoms with E-state index < -0.39 is 0 Å². The van der Waals surface area contributed by atoms with Crippen LogP contribution in [-0.4, -0.2) is 14.8 Å². The predicted molar refractivity (Wildman–Crippen MR) is 108 cm³/mol. The number of unbranched alkanes of at least 4 members (excludes halogenated alkanes) is 1. The lowest BCUT2D eigenvalue weighted by Crippen LogP contribution is -2.23. The molecule has 0 aliphatic heterocycles. The lowest BCUT2D eigenvalue weighted by molar-refractivity contribution is 0.0979. The third-order valence-corrected chi connectivity index (χ3v) is 5.11. The summed E-state index contributed by atoms with van der Waals surface area (Å²) in [6, 6.07) is 15.6. The molecule has 0 bridgehead atoms. The molecule has 0 fully saturated rings. The molecule has 2 aromatic heterocycles. The monoisotopic (exact) mass is 376 g/mol. The van der Waals surface area contributed by atoms with Crippen molar-refractivity contribution in [3.63, 3.8) is 0 Å². The molecule has 0 aliphatic carbocycles. The highest BCUT2D eigenvalue weighted by Gasteiger charge is 2.12. The quantitative estimate of drug-likeness (QED) is 0.360. The minimum absolute atomic E-state index is 0.102. The van der Waals surface area contributed by atoms with Crippen LogP contribution in [0, 0.1) is 12.7 Å². The van der Waals surface area contributed by atoms with Gasteiger partial charge < -0.3 is 8.97 Å². The normalized spacial score (nSPS) is 11.4. The molecule has 5 heteroatoms. The van der Waals surface area contributed by atoms with Crippen molar-refractivity contribution in [2.75, 3.05) is 0 Å². The fraction of sp³-hybridized carbons (Fsp3) is 0.217. The molecule has 0 spiro atoms. The van der Waals surface area contributed by atoms with Crippen molar-refractivity contribution >= 4 is 22.3 Å². The number of hydrogen-bond acceptors (Lipinski definition) is 2. The molecular formula is C23H21FN2O2. The van der Waals surface area contributed by atoms with E-state index in [0.29, 0.717) is 42.4 Å². The maximum atomic E-state index is 13.8. The van der Waals surface area contributed by atoms with Crippen LogP contribution in [0.15, 0.2) is 65.6 Å². The number of rotatable bonds is 6. The Kier molecular flexibility index (Phi) is 4.82. The first-order valence-electron chi connectivity index (χ1n) is 9.43. The van der Waals surface area contributed by atoms with Gasteiger partial charge in [-0.3, -0.25) is 9.59 Å². The Balaban J connectivity index is 1.53. The molecular weight excluding hydrogens is 355 g/mol. The zero-order valence-electron chi connectivity index (χ0n) is 15.7. The zero-order valence-corrected chi connectivity index (χ0v) is 15.7. The van der Waals surface area contributed by atoms with E-state index in [9.17, 15) is 14.0 Å². The van der Waals surface area contributed by atoms with Crippen LogP contribution in [0.25, 0.3) is 16.6 Å². The molecule has 0 N–H and O–H groups in total. The van der Waals surface area contributed by atoms with Crippen molar-refractivity contribution in [3.05, 3.63) is 88.1 Å². The van der Waals surface area contributed by atoms with E-state index in [2.05, 4.69) is 0 Å². The largest absolute Gasteiger partial charge is 0.310 e. The van der Waals surface area contributed by atoms with Crippen LogP contribution >= 0.6 is 0 Å². The van der Waals surface area contributed by atoms with Gasteiger partial charge in [0.1, 0.15) is 11.3 Å². The lowest BCUT2D eigenvalue weighted by atomic mass is 10.0. The topological polar surface area (TPSA) is 43.5 Å². The van der Waals surface area contributed by atoms with E-state index in [1.54, 1.807) is 21.1 Å². The number of nitrogens with zero attached hydrogens (tertiary/aromatic N) is 2. The first kappa shape index (κ1) is 18.2. The zero-order chi connectivity index (χ0) is 19.7. The van der Waals surface area contributed by atoms with Crippen molar-refractivity contribution in [1.82, 2.24) is 8.97 Å². The Morgan fingerprint density at radius 1 is 0.964 bits per heavy atom. The van der Waals surface area contributed by atoms with Gasteiger partial charge in [-0.15, -0.1) is 0 Å². The Morgan fingerprint density at radius 2 is 1.75 bits per heavy atom. The predicted octanol–water partition coefficient (Wildman–Crippen LogP) is 4.75. The van der Waals surface area contributed by atoms with E-state index >= 15 is 0 Å². The average Bonchev–Trinajstić information content (AvgIpc) is 3.18. The molecule has 2 heterocycles. The van der Waals surface area contributed by atoms with Gasteiger partial charge in [0.2, 0.25) is 0 Å². The van der Waals surface area contributed by atoms with E-state index in [1.807, 2.05) is 43.5 Å². The molecule has 0 atom stereocenters. The second-order valence-electron chi connectivity index (χ2n) is 7.10. The van der Waals surface area contributed by atoms with Gasteiger partial charge in [0.05, 0.1) is 11.0 Å². The Morgan fingerprint density at radius 3 is 2.54 bits per heavy atom. The van der Waals surface area contributed by atoms with Gasteiger partial charge in [-0.1, -0.05) is 29.8 Å². The number of aryl methyl sites for hydroxylation is 2. The molecule has 0 unspecified atom stereocenters. The summed E-state index contributed by atoms with van der Waals surface area (Å²) in [5.74, 6) is -0.271. The lowest BCUT2D eigenvalue weighted by Gasteiger charge is -2.12. The Bertz CT molecular complexity index is 1220. The molecule has 142 valence electrons. The number of carbonyl (C=O) groups excluding carboxylic acids is 1. The van der Waals surface area contributed by atoms with Crippen LogP contribution in [0.3, 0.4) is 0 Å². The fourth-order valence-electron chi connectivity index (χ4n) is 3.59. The summed E-state index contributed by atoms with van der Waals surface area (Å²) in [6.45, 7) is 2.43. The van der Waals surface area contributed by atoms with Gasteiger partial charge in [-0.05, 0) is 50.1 Å². The van der Waals surface area contributed by atoms with Crippen LogP contribution < -0.4 is 5.56 Å². The van der Waals surface area contributed by atoms with Crippen molar-refractivity contribution in [2.45, 2.75) is 32.7 Å².